The number of aromatic nitrogens is 4. The summed E-state index contributed by atoms with van der Waals surface area (Å²) in [5, 5.41) is 7.58. The first-order valence-electron chi connectivity index (χ1n) is 5.28. The van der Waals surface area contributed by atoms with Crippen LogP contribution in [-0.4, -0.2) is 25.1 Å². The Hall–Kier alpha value is -1.27. The van der Waals surface area contributed by atoms with Crippen LogP contribution in [0.15, 0.2) is 18.6 Å². The summed E-state index contributed by atoms with van der Waals surface area (Å²) < 4.78 is 10.1. The van der Waals surface area contributed by atoms with E-state index in [9.17, 15) is 0 Å². The molecule has 0 radical (unpaired) electrons. The maximum absolute atomic E-state index is 4.28. The zero-order valence-electron chi connectivity index (χ0n) is 9.42. The van der Waals surface area contributed by atoms with Crippen molar-refractivity contribution in [2.75, 3.05) is 6.54 Å². The molecule has 16 heavy (non-hydrogen) atoms. The van der Waals surface area contributed by atoms with Gasteiger partial charge >= 0.3 is 0 Å². The van der Waals surface area contributed by atoms with Crippen molar-refractivity contribution < 1.29 is 0 Å². The van der Waals surface area contributed by atoms with Crippen molar-refractivity contribution in [3.05, 3.63) is 29.8 Å². The van der Waals surface area contributed by atoms with Crippen molar-refractivity contribution in [3.63, 3.8) is 0 Å². The maximum atomic E-state index is 4.28. The molecule has 6 heteroatoms. The molecule has 0 aliphatic rings. The normalized spacial score (nSPS) is 12.9. The van der Waals surface area contributed by atoms with E-state index in [1.54, 1.807) is 0 Å². The van der Waals surface area contributed by atoms with Crippen molar-refractivity contribution >= 4 is 11.7 Å². The van der Waals surface area contributed by atoms with E-state index in [0.29, 0.717) is 0 Å². The highest BCUT2D eigenvalue weighted by Gasteiger charge is 2.14. The first-order valence-corrected chi connectivity index (χ1v) is 6.01. The average Bonchev–Trinajstić information content (AvgIpc) is 2.88. The van der Waals surface area contributed by atoms with Gasteiger partial charge in [0, 0.05) is 13.2 Å². The molecule has 1 unspecified atom stereocenters. The van der Waals surface area contributed by atoms with Crippen LogP contribution < -0.4 is 5.32 Å². The van der Waals surface area contributed by atoms with Gasteiger partial charge in [0.1, 0.15) is 0 Å². The highest BCUT2D eigenvalue weighted by atomic mass is 32.1. The molecule has 2 aromatic heterocycles. The van der Waals surface area contributed by atoms with Gasteiger partial charge in [-0.2, -0.15) is 13.8 Å². The van der Waals surface area contributed by atoms with Gasteiger partial charge in [-0.15, -0.1) is 0 Å². The van der Waals surface area contributed by atoms with Gasteiger partial charge in [-0.05, 0) is 18.5 Å². The Labute approximate surface area is 98.8 Å². The van der Waals surface area contributed by atoms with Crippen LogP contribution in [0.25, 0.3) is 0 Å². The fourth-order valence-corrected chi connectivity index (χ4v) is 2.14. The Bertz CT molecular complexity index is 422. The van der Waals surface area contributed by atoms with E-state index in [1.807, 2.05) is 30.3 Å². The SMILES string of the molecule is CCNC(Cc1cnn(C)c1)c1cnsn1. The lowest BCUT2D eigenvalue weighted by Crippen LogP contribution is -2.23. The van der Waals surface area contributed by atoms with E-state index in [0.717, 1.165) is 18.7 Å². The maximum Gasteiger partial charge on any atom is 0.0915 e. The summed E-state index contributed by atoms with van der Waals surface area (Å²) in [6.45, 7) is 3.01. The third-order valence-corrected chi connectivity index (χ3v) is 2.88. The summed E-state index contributed by atoms with van der Waals surface area (Å²) in [4.78, 5) is 0. The van der Waals surface area contributed by atoms with Gasteiger partial charge < -0.3 is 5.32 Å². The van der Waals surface area contributed by atoms with Crippen LogP contribution in [0.3, 0.4) is 0 Å². The minimum Gasteiger partial charge on any atom is -0.309 e. The van der Waals surface area contributed by atoms with Gasteiger partial charge in [-0.25, -0.2) is 0 Å². The van der Waals surface area contributed by atoms with Crippen molar-refractivity contribution in [2.24, 2.45) is 7.05 Å². The number of hydrogen-bond donors (Lipinski definition) is 1. The highest BCUT2D eigenvalue weighted by molar-refractivity contribution is 6.99. The summed E-state index contributed by atoms with van der Waals surface area (Å²) in [5.41, 5.74) is 2.22. The number of likely N-dealkylation sites (N-methyl/N-ethyl adjacent to an activating group) is 1. The van der Waals surface area contributed by atoms with Crippen molar-refractivity contribution in [3.8, 4) is 0 Å². The molecule has 0 bridgehead atoms. The molecule has 0 aliphatic heterocycles. The lowest BCUT2D eigenvalue weighted by molar-refractivity contribution is 0.540. The Kier molecular flexibility index (Phi) is 3.63. The van der Waals surface area contributed by atoms with E-state index in [4.69, 9.17) is 0 Å². The highest BCUT2D eigenvalue weighted by Crippen LogP contribution is 2.16. The molecule has 5 nitrogen and oxygen atoms in total. The summed E-state index contributed by atoms with van der Waals surface area (Å²) in [6.07, 6.45) is 6.65. The smallest absolute Gasteiger partial charge is 0.0915 e. The van der Waals surface area contributed by atoms with Crippen LogP contribution in [-0.2, 0) is 13.5 Å². The first kappa shape index (κ1) is 11.2. The molecule has 0 saturated carbocycles. The molecule has 2 aromatic rings. The molecule has 1 atom stereocenters. The molecule has 1 N–H and O–H groups in total. The number of rotatable bonds is 5. The summed E-state index contributed by atoms with van der Waals surface area (Å²) >= 11 is 1.25. The second kappa shape index (κ2) is 5.18. The van der Waals surface area contributed by atoms with Gasteiger partial charge in [0.15, 0.2) is 0 Å². The fourth-order valence-electron chi connectivity index (χ4n) is 1.67. The quantitative estimate of drug-likeness (QED) is 0.848. The lowest BCUT2D eigenvalue weighted by atomic mass is 10.1. The first-order chi connectivity index (χ1) is 7.79. The van der Waals surface area contributed by atoms with Crippen LogP contribution in [0.4, 0.5) is 0 Å². The Morgan fingerprint density at radius 2 is 2.38 bits per heavy atom. The zero-order chi connectivity index (χ0) is 11.4. The van der Waals surface area contributed by atoms with Gasteiger partial charge in [-0.3, -0.25) is 4.68 Å². The van der Waals surface area contributed by atoms with E-state index < -0.39 is 0 Å². The molecule has 0 saturated heterocycles. The third kappa shape index (κ3) is 2.65. The largest absolute Gasteiger partial charge is 0.309 e. The fraction of sp³-hybridized carbons (Fsp3) is 0.500. The minimum absolute atomic E-state index is 0.230. The van der Waals surface area contributed by atoms with Crippen LogP contribution in [0.2, 0.25) is 0 Å². The topological polar surface area (TPSA) is 55.6 Å². The second-order valence-electron chi connectivity index (χ2n) is 3.67. The van der Waals surface area contributed by atoms with Crippen molar-refractivity contribution in [1.29, 1.82) is 0 Å². The number of hydrogen-bond acceptors (Lipinski definition) is 5. The molecule has 2 rings (SSSR count). The van der Waals surface area contributed by atoms with Gasteiger partial charge in [0.25, 0.3) is 0 Å². The van der Waals surface area contributed by atoms with Crippen molar-refractivity contribution in [1.82, 2.24) is 23.8 Å². The summed E-state index contributed by atoms with van der Waals surface area (Å²) in [6, 6.07) is 0.230. The molecule has 86 valence electrons. The Morgan fingerprint density at radius 1 is 1.50 bits per heavy atom. The Balaban J connectivity index is 2.09. The average molecular weight is 237 g/mol. The number of aryl methyl sites for hydroxylation is 1. The Morgan fingerprint density at radius 3 is 2.94 bits per heavy atom. The van der Waals surface area contributed by atoms with Crippen LogP contribution >= 0.6 is 11.7 Å². The molecule has 0 aliphatic carbocycles. The van der Waals surface area contributed by atoms with E-state index in [2.05, 4.69) is 26.1 Å². The number of nitrogens with zero attached hydrogens (tertiary/aromatic N) is 4. The molecule has 0 aromatic carbocycles. The predicted molar refractivity (Wildman–Crippen MR) is 63.2 cm³/mol. The van der Waals surface area contributed by atoms with Crippen molar-refractivity contribution in [2.45, 2.75) is 19.4 Å². The molecular weight excluding hydrogens is 222 g/mol. The molecule has 2 heterocycles. The standard InChI is InChI=1S/C10H15N5S/c1-3-11-9(10-6-13-16-14-10)4-8-5-12-15(2)7-8/h5-7,9,11H,3-4H2,1-2H3. The molecule has 0 amide bonds. The summed E-state index contributed by atoms with van der Waals surface area (Å²) in [5.74, 6) is 0. The van der Waals surface area contributed by atoms with Gasteiger partial charge in [-0.1, -0.05) is 6.92 Å². The van der Waals surface area contributed by atoms with Crippen LogP contribution in [0.5, 0.6) is 0 Å². The molecule has 0 fully saturated rings. The van der Waals surface area contributed by atoms with Gasteiger partial charge in [0.2, 0.25) is 0 Å². The second-order valence-corrected chi connectivity index (χ2v) is 4.23. The van der Waals surface area contributed by atoms with Gasteiger partial charge in [0.05, 0.1) is 35.9 Å². The van der Waals surface area contributed by atoms with Crippen LogP contribution in [0, 0.1) is 0 Å². The predicted octanol–water partition coefficient (Wildman–Crippen LogP) is 1.16. The monoisotopic (exact) mass is 237 g/mol. The van der Waals surface area contributed by atoms with Crippen LogP contribution in [0.1, 0.15) is 24.2 Å². The van der Waals surface area contributed by atoms with E-state index >= 15 is 0 Å². The van der Waals surface area contributed by atoms with E-state index in [1.165, 1.54) is 17.3 Å². The number of nitrogens with one attached hydrogen (secondary N) is 1. The molecular formula is C10H15N5S. The zero-order valence-corrected chi connectivity index (χ0v) is 10.2. The lowest BCUT2D eigenvalue weighted by Gasteiger charge is -2.13. The minimum atomic E-state index is 0.230. The summed E-state index contributed by atoms with van der Waals surface area (Å²) in [7, 11) is 1.93. The van der Waals surface area contributed by atoms with E-state index in [-0.39, 0.29) is 6.04 Å². The molecule has 0 spiro atoms. The third-order valence-electron chi connectivity index (χ3n) is 2.38.